The van der Waals surface area contributed by atoms with Crippen LogP contribution < -0.4 is 10.6 Å². The van der Waals surface area contributed by atoms with Crippen molar-refractivity contribution in [1.29, 1.82) is 0 Å². The second-order valence-corrected chi connectivity index (χ2v) is 4.51. The molecule has 0 aliphatic heterocycles. The Labute approximate surface area is 117 Å². The molecule has 3 N–H and O–H groups in total. The largest absolute Gasteiger partial charge is 0.480 e. The lowest BCUT2D eigenvalue weighted by Gasteiger charge is -2.14. The van der Waals surface area contributed by atoms with Crippen LogP contribution in [0.5, 0.6) is 0 Å². The summed E-state index contributed by atoms with van der Waals surface area (Å²) in [7, 11) is 0. The average molecular weight is 285 g/mol. The molecule has 0 spiro atoms. The van der Waals surface area contributed by atoms with Gasteiger partial charge in [0.1, 0.15) is 6.04 Å². The Hall–Kier alpha value is -1.75. The minimum Gasteiger partial charge on any atom is -0.480 e. The monoisotopic (exact) mass is 284 g/mol. The summed E-state index contributed by atoms with van der Waals surface area (Å²) in [6, 6.07) is 5.76. The molecule has 0 heterocycles. The first-order valence-electron chi connectivity index (χ1n) is 6.05. The lowest BCUT2D eigenvalue weighted by Crippen LogP contribution is -2.45. The van der Waals surface area contributed by atoms with E-state index < -0.39 is 18.0 Å². The molecule has 1 aromatic carbocycles. The molecule has 1 unspecified atom stereocenters. The number of carboxylic acid groups (broad SMARTS) is 1. The third-order valence-electron chi connectivity index (χ3n) is 2.58. The van der Waals surface area contributed by atoms with Gasteiger partial charge in [0, 0.05) is 11.6 Å². The number of amides is 2. The topological polar surface area (TPSA) is 78.4 Å². The quantitative estimate of drug-likeness (QED) is 0.750. The van der Waals surface area contributed by atoms with E-state index in [1.165, 1.54) is 0 Å². The molecule has 2 amide bonds. The molecule has 0 saturated heterocycles. The Kier molecular flexibility index (Phi) is 6.15. The van der Waals surface area contributed by atoms with E-state index in [0.717, 1.165) is 5.56 Å². The Morgan fingerprint density at radius 2 is 2.05 bits per heavy atom. The zero-order valence-corrected chi connectivity index (χ0v) is 11.4. The van der Waals surface area contributed by atoms with E-state index in [4.69, 9.17) is 16.7 Å². The van der Waals surface area contributed by atoms with Crippen molar-refractivity contribution >= 4 is 23.6 Å². The molecular formula is C13H17ClN2O3. The first-order chi connectivity index (χ1) is 9.04. The van der Waals surface area contributed by atoms with Crippen molar-refractivity contribution in [1.82, 2.24) is 10.6 Å². The number of benzene rings is 1. The lowest BCUT2D eigenvalue weighted by atomic mass is 10.2. The van der Waals surface area contributed by atoms with Crippen molar-refractivity contribution < 1.29 is 14.7 Å². The van der Waals surface area contributed by atoms with Gasteiger partial charge in [0.15, 0.2) is 0 Å². The van der Waals surface area contributed by atoms with Crippen molar-refractivity contribution in [3.05, 3.63) is 34.9 Å². The average Bonchev–Trinajstić information content (AvgIpc) is 2.37. The number of halogens is 1. The molecule has 1 aromatic rings. The fourth-order valence-electron chi connectivity index (χ4n) is 1.57. The number of hydrogen-bond acceptors (Lipinski definition) is 2. The first kappa shape index (κ1) is 15.3. The third kappa shape index (κ3) is 5.18. The van der Waals surface area contributed by atoms with E-state index in [-0.39, 0.29) is 6.54 Å². The second-order valence-electron chi connectivity index (χ2n) is 4.10. The zero-order chi connectivity index (χ0) is 14.3. The van der Waals surface area contributed by atoms with Gasteiger partial charge < -0.3 is 15.7 Å². The van der Waals surface area contributed by atoms with Crippen LogP contribution in [-0.4, -0.2) is 23.1 Å². The molecule has 0 aliphatic carbocycles. The summed E-state index contributed by atoms with van der Waals surface area (Å²) in [5.74, 6) is -1.03. The highest BCUT2D eigenvalue weighted by molar-refractivity contribution is 6.31. The van der Waals surface area contributed by atoms with Crippen LogP contribution in [0.15, 0.2) is 24.3 Å². The summed E-state index contributed by atoms with van der Waals surface area (Å²) >= 11 is 5.95. The summed E-state index contributed by atoms with van der Waals surface area (Å²) in [4.78, 5) is 22.5. The number of aliphatic carboxylic acids is 1. The van der Waals surface area contributed by atoms with Gasteiger partial charge in [-0.2, -0.15) is 0 Å². The number of carbonyl (C=O) groups is 2. The van der Waals surface area contributed by atoms with E-state index in [9.17, 15) is 9.59 Å². The van der Waals surface area contributed by atoms with Crippen LogP contribution >= 0.6 is 11.6 Å². The summed E-state index contributed by atoms with van der Waals surface area (Å²) in [6.45, 7) is 2.11. The zero-order valence-electron chi connectivity index (χ0n) is 10.6. The summed E-state index contributed by atoms with van der Waals surface area (Å²) in [6.07, 6.45) is 1.08. The van der Waals surface area contributed by atoms with Gasteiger partial charge in [0.25, 0.3) is 0 Å². The van der Waals surface area contributed by atoms with Crippen molar-refractivity contribution in [3.8, 4) is 0 Å². The van der Waals surface area contributed by atoms with Gasteiger partial charge >= 0.3 is 12.0 Å². The number of rotatable bonds is 6. The van der Waals surface area contributed by atoms with Gasteiger partial charge in [-0.15, -0.1) is 0 Å². The summed E-state index contributed by atoms with van der Waals surface area (Å²) in [5, 5.41) is 14.5. The lowest BCUT2D eigenvalue weighted by molar-refractivity contribution is -0.139. The molecule has 6 heteroatoms. The van der Waals surface area contributed by atoms with Gasteiger partial charge in [-0.05, 0) is 18.1 Å². The second kappa shape index (κ2) is 7.63. The maximum atomic E-state index is 11.6. The normalized spacial score (nSPS) is 11.7. The van der Waals surface area contributed by atoms with Crippen LogP contribution in [0.4, 0.5) is 4.79 Å². The maximum absolute atomic E-state index is 11.6. The Bertz CT molecular complexity index is 451. The van der Waals surface area contributed by atoms with Gasteiger partial charge in [-0.3, -0.25) is 0 Å². The van der Waals surface area contributed by atoms with Crippen molar-refractivity contribution in [2.24, 2.45) is 0 Å². The molecule has 1 atom stereocenters. The van der Waals surface area contributed by atoms with E-state index in [1.807, 2.05) is 13.0 Å². The molecular weight excluding hydrogens is 268 g/mol. The molecule has 1 rings (SSSR count). The van der Waals surface area contributed by atoms with Crippen LogP contribution in [0, 0.1) is 0 Å². The molecule has 5 nitrogen and oxygen atoms in total. The highest BCUT2D eigenvalue weighted by Gasteiger charge is 2.18. The van der Waals surface area contributed by atoms with E-state index in [0.29, 0.717) is 17.9 Å². The van der Waals surface area contributed by atoms with Crippen molar-refractivity contribution in [2.45, 2.75) is 32.4 Å². The smallest absolute Gasteiger partial charge is 0.326 e. The Balaban J connectivity index is 2.47. The minimum atomic E-state index is -1.03. The minimum absolute atomic E-state index is 0.254. The predicted octanol–water partition coefficient (Wildman–Crippen LogP) is 2.39. The van der Waals surface area contributed by atoms with Gasteiger partial charge in [0.2, 0.25) is 0 Å². The van der Waals surface area contributed by atoms with Crippen molar-refractivity contribution in [2.75, 3.05) is 0 Å². The van der Waals surface area contributed by atoms with E-state index >= 15 is 0 Å². The fourth-order valence-corrected chi connectivity index (χ4v) is 1.78. The van der Waals surface area contributed by atoms with Crippen molar-refractivity contribution in [3.63, 3.8) is 0 Å². The molecule has 0 fully saturated rings. The highest BCUT2D eigenvalue weighted by Crippen LogP contribution is 2.14. The predicted molar refractivity (Wildman–Crippen MR) is 73.2 cm³/mol. The number of carboxylic acids is 1. The number of urea groups is 1. The number of nitrogens with one attached hydrogen (secondary N) is 2. The summed E-state index contributed by atoms with van der Waals surface area (Å²) < 4.78 is 0. The van der Waals surface area contributed by atoms with Crippen LogP contribution in [0.2, 0.25) is 5.02 Å². The SMILES string of the molecule is CCCC(NC(=O)NCc1ccccc1Cl)C(=O)O. The summed E-state index contributed by atoms with van der Waals surface area (Å²) in [5.41, 5.74) is 0.779. The van der Waals surface area contributed by atoms with Gasteiger partial charge in [-0.25, -0.2) is 9.59 Å². The van der Waals surface area contributed by atoms with Crippen LogP contribution in [0.25, 0.3) is 0 Å². The fraction of sp³-hybridized carbons (Fsp3) is 0.385. The molecule has 19 heavy (non-hydrogen) atoms. The van der Waals surface area contributed by atoms with Gasteiger partial charge in [0.05, 0.1) is 0 Å². The maximum Gasteiger partial charge on any atom is 0.326 e. The highest BCUT2D eigenvalue weighted by atomic mass is 35.5. The van der Waals surface area contributed by atoms with Crippen LogP contribution in [0.3, 0.4) is 0 Å². The number of carbonyl (C=O) groups excluding carboxylic acids is 1. The molecule has 104 valence electrons. The van der Waals surface area contributed by atoms with E-state index in [1.54, 1.807) is 18.2 Å². The molecule has 0 bridgehead atoms. The van der Waals surface area contributed by atoms with Crippen LogP contribution in [-0.2, 0) is 11.3 Å². The van der Waals surface area contributed by atoms with Crippen LogP contribution in [0.1, 0.15) is 25.3 Å². The van der Waals surface area contributed by atoms with Gasteiger partial charge in [-0.1, -0.05) is 43.1 Å². The Morgan fingerprint density at radius 3 is 2.63 bits per heavy atom. The number of hydrogen-bond donors (Lipinski definition) is 3. The standard InChI is InChI=1S/C13H17ClN2O3/c1-2-5-11(12(17)18)16-13(19)15-8-9-6-3-4-7-10(9)14/h3-4,6-7,11H,2,5,8H2,1H3,(H,17,18)(H2,15,16,19). The van der Waals surface area contributed by atoms with E-state index in [2.05, 4.69) is 10.6 Å². The third-order valence-corrected chi connectivity index (χ3v) is 2.95. The molecule has 0 aliphatic rings. The molecule has 0 aromatic heterocycles. The Morgan fingerprint density at radius 1 is 1.37 bits per heavy atom. The molecule has 0 radical (unpaired) electrons. The first-order valence-corrected chi connectivity index (χ1v) is 6.43. The molecule has 0 saturated carbocycles.